The molecule has 1 amide bonds. The molecule has 1 aliphatic heterocycles. The summed E-state index contributed by atoms with van der Waals surface area (Å²) in [6.45, 7) is 0. The van der Waals surface area contributed by atoms with E-state index in [0.29, 0.717) is 12.0 Å². The lowest BCUT2D eigenvalue weighted by atomic mass is 10.0. The summed E-state index contributed by atoms with van der Waals surface area (Å²) in [6, 6.07) is 6.29. The fraction of sp³-hybridized carbons (Fsp3) is 0.214. The van der Waals surface area contributed by atoms with Crippen LogP contribution >= 0.6 is 11.6 Å². The molecule has 114 valence electrons. The van der Waals surface area contributed by atoms with Gasteiger partial charge in [-0.25, -0.2) is 18.4 Å². The smallest absolute Gasteiger partial charge is 0.272 e. The first kappa shape index (κ1) is 14.9. The molecule has 3 rings (SSSR count). The summed E-state index contributed by atoms with van der Waals surface area (Å²) in [4.78, 5) is 20.1. The third kappa shape index (κ3) is 2.69. The summed E-state index contributed by atoms with van der Waals surface area (Å²) >= 11 is 5.90. The number of carbonyl (C=O) groups is 1. The molecule has 0 radical (unpaired) electrons. The van der Waals surface area contributed by atoms with Crippen LogP contribution in [0.4, 0.5) is 0 Å². The number of hydrogen-bond acceptors (Lipinski definition) is 5. The van der Waals surface area contributed by atoms with Crippen LogP contribution in [-0.2, 0) is 9.84 Å². The van der Waals surface area contributed by atoms with Crippen LogP contribution in [0.15, 0.2) is 41.7 Å². The largest absolute Gasteiger partial charge is 0.344 e. The van der Waals surface area contributed by atoms with Gasteiger partial charge in [0.05, 0.1) is 21.7 Å². The van der Waals surface area contributed by atoms with Crippen LogP contribution in [-0.4, -0.2) is 30.0 Å². The number of rotatable bonds is 2. The van der Waals surface area contributed by atoms with Gasteiger partial charge in [0.15, 0.2) is 9.84 Å². The number of aromatic nitrogens is 2. The number of sulfone groups is 1. The summed E-state index contributed by atoms with van der Waals surface area (Å²) in [6.07, 6.45) is 2.89. The zero-order chi connectivity index (χ0) is 15.7. The molecule has 0 spiro atoms. The van der Waals surface area contributed by atoms with Crippen LogP contribution in [0.5, 0.6) is 0 Å². The van der Waals surface area contributed by atoms with E-state index in [-0.39, 0.29) is 21.4 Å². The normalized spacial score (nSPS) is 19.2. The molecule has 1 aromatic heterocycles. The minimum absolute atomic E-state index is 0.00747. The van der Waals surface area contributed by atoms with Crippen LogP contribution in [0.2, 0.25) is 5.02 Å². The summed E-state index contributed by atoms with van der Waals surface area (Å²) in [5.41, 5.74) is 0.662. The zero-order valence-electron chi connectivity index (χ0n) is 11.4. The second-order valence-corrected chi connectivity index (χ2v) is 7.38. The van der Waals surface area contributed by atoms with Gasteiger partial charge in [0.25, 0.3) is 5.91 Å². The van der Waals surface area contributed by atoms with Crippen molar-refractivity contribution in [2.24, 2.45) is 0 Å². The Labute approximate surface area is 132 Å². The number of halogens is 1. The maximum absolute atomic E-state index is 12.3. The molecule has 1 atom stereocenters. The lowest BCUT2D eigenvalue weighted by Crippen LogP contribution is -2.34. The molecule has 2 aromatic rings. The van der Waals surface area contributed by atoms with Gasteiger partial charge in [-0.2, -0.15) is 0 Å². The van der Waals surface area contributed by atoms with Crippen molar-refractivity contribution < 1.29 is 13.2 Å². The molecule has 0 fully saturated rings. The Hall–Kier alpha value is -1.99. The molecule has 0 bridgehead atoms. The van der Waals surface area contributed by atoms with Gasteiger partial charge in [0, 0.05) is 6.20 Å². The third-order valence-electron chi connectivity index (χ3n) is 3.49. The average molecular weight is 338 g/mol. The van der Waals surface area contributed by atoms with Crippen molar-refractivity contribution in [2.45, 2.75) is 17.4 Å². The predicted molar refractivity (Wildman–Crippen MR) is 80.4 cm³/mol. The highest BCUT2D eigenvalue weighted by molar-refractivity contribution is 7.91. The third-order valence-corrected chi connectivity index (χ3v) is 5.58. The standard InChI is InChI=1S/C14H12ClN3O3S/c15-10-7-16-8-17-13(10)14(19)18-11-5-6-22(20,21)12-4-2-1-3-9(11)12/h1-4,7-8,11H,5-6H2,(H,18,19)/t11-/m0/s1. The number of carbonyl (C=O) groups excluding carboxylic acids is 1. The summed E-state index contributed by atoms with van der Waals surface area (Å²) in [5, 5.41) is 2.94. The van der Waals surface area contributed by atoms with Gasteiger partial charge >= 0.3 is 0 Å². The van der Waals surface area contributed by atoms with E-state index in [0.717, 1.165) is 0 Å². The van der Waals surface area contributed by atoms with E-state index in [1.807, 2.05) is 0 Å². The van der Waals surface area contributed by atoms with Crippen molar-refractivity contribution in [3.63, 3.8) is 0 Å². The van der Waals surface area contributed by atoms with E-state index >= 15 is 0 Å². The van der Waals surface area contributed by atoms with Crippen molar-refractivity contribution in [1.82, 2.24) is 15.3 Å². The van der Waals surface area contributed by atoms with Crippen LogP contribution in [0.3, 0.4) is 0 Å². The molecule has 22 heavy (non-hydrogen) atoms. The predicted octanol–water partition coefficient (Wildman–Crippen LogP) is 1.78. The van der Waals surface area contributed by atoms with Crippen LogP contribution in [0, 0.1) is 0 Å². The van der Waals surface area contributed by atoms with E-state index in [2.05, 4.69) is 15.3 Å². The van der Waals surface area contributed by atoms with E-state index in [4.69, 9.17) is 11.6 Å². The van der Waals surface area contributed by atoms with Crippen molar-refractivity contribution in [3.8, 4) is 0 Å². The van der Waals surface area contributed by atoms with Crippen LogP contribution < -0.4 is 5.32 Å². The summed E-state index contributed by atoms with van der Waals surface area (Å²) in [7, 11) is -3.29. The monoisotopic (exact) mass is 337 g/mol. The Balaban J connectivity index is 1.91. The maximum atomic E-state index is 12.3. The van der Waals surface area contributed by atoms with Crippen molar-refractivity contribution in [3.05, 3.63) is 53.1 Å². The first-order valence-electron chi connectivity index (χ1n) is 6.57. The molecule has 0 saturated carbocycles. The Morgan fingerprint density at radius 2 is 2.09 bits per heavy atom. The highest BCUT2D eigenvalue weighted by Crippen LogP contribution is 2.32. The molecule has 1 aliphatic rings. The first-order valence-corrected chi connectivity index (χ1v) is 8.60. The lowest BCUT2D eigenvalue weighted by molar-refractivity contribution is 0.0929. The molecule has 1 aromatic carbocycles. The van der Waals surface area contributed by atoms with Gasteiger partial charge in [-0.05, 0) is 18.1 Å². The summed E-state index contributed by atoms with van der Waals surface area (Å²) in [5.74, 6) is -0.460. The van der Waals surface area contributed by atoms with Gasteiger partial charge in [-0.3, -0.25) is 4.79 Å². The minimum Gasteiger partial charge on any atom is -0.344 e. The fourth-order valence-corrected chi connectivity index (χ4v) is 4.26. The molecule has 8 heteroatoms. The van der Waals surface area contributed by atoms with E-state index in [9.17, 15) is 13.2 Å². The molecular formula is C14H12ClN3O3S. The zero-order valence-corrected chi connectivity index (χ0v) is 12.9. The topological polar surface area (TPSA) is 89.0 Å². The first-order chi connectivity index (χ1) is 10.5. The Kier molecular flexibility index (Phi) is 3.84. The fourth-order valence-electron chi connectivity index (χ4n) is 2.45. The minimum atomic E-state index is -3.29. The molecular weight excluding hydrogens is 326 g/mol. The molecule has 0 unspecified atom stereocenters. The van der Waals surface area contributed by atoms with Gasteiger partial charge in [0.1, 0.15) is 12.0 Å². The van der Waals surface area contributed by atoms with Crippen molar-refractivity contribution in [2.75, 3.05) is 5.75 Å². The van der Waals surface area contributed by atoms with Crippen LogP contribution in [0.1, 0.15) is 28.5 Å². The van der Waals surface area contributed by atoms with E-state index in [1.54, 1.807) is 24.3 Å². The Bertz CT molecular complexity index is 839. The quantitative estimate of drug-likeness (QED) is 0.902. The van der Waals surface area contributed by atoms with Gasteiger partial charge in [0.2, 0.25) is 0 Å². The lowest BCUT2D eigenvalue weighted by Gasteiger charge is -2.26. The van der Waals surface area contributed by atoms with Gasteiger partial charge in [-0.15, -0.1) is 0 Å². The Morgan fingerprint density at radius 1 is 1.32 bits per heavy atom. The van der Waals surface area contributed by atoms with Gasteiger partial charge < -0.3 is 5.32 Å². The SMILES string of the molecule is O=C(N[C@H]1CCS(=O)(=O)c2ccccc21)c1ncncc1Cl. The van der Waals surface area contributed by atoms with Crippen molar-refractivity contribution >= 4 is 27.3 Å². The number of nitrogens with zero attached hydrogens (tertiary/aromatic N) is 2. The van der Waals surface area contributed by atoms with Crippen molar-refractivity contribution in [1.29, 1.82) is 0 Å². The average Bonchev–Trinajstić information content (AvgIpc) is 2.51. The second kappa shape index (κ2) is 5.66. The van der Waals surface area contributed by atoms with E-state index in [1.165, 1.54) is 12.5 Å². The molecule has 1 N–H and O–H groups in total. The number of benzene rings is 1. The summed E-state index contributed by atoms with van der Waals surface area (Å²) < 4.78 is 24.1. The molecule has 0 aliphatic carbocycles. The van der Waals surface area contributed by atoms with E-state index < -0.39 is 21.8 Å². The number of hydrogen-bond donors (Lipinski definition) is 1. The van der Waals surface area contributed by atoms with Gasteiger partial charge in [-0.1, -0.05) is 29.8 Å². The molecule has 0 saturated heterocycles. The Morgan fingerprint density at radius 3 is 2.86 bits per heavy atom. The number of fused-ring (bicyclic) bond motifs is 1. The highest BCUT2D eigenvalue weighted by atomic mass is 35.5. The maximum Gasteiger partial charge on any atom is 0.272 e. The highest BCUT2D eigenvalue weighted by Gasteiger charge is 2.31. The molecule has 6 nitrogen and oxygen atoms in total. The van der Waals surface area contributed by atoms with Crippen LogP contribution in [0.25, 0.3) is 0 Å². The number of nitrogens with one attached hydrogen (secondary N) is 1. The second-order valence-electron chi connectivity index (χ2n) is 4.89. The molecule has 2 heterocycles. The number of amides is 1.